The second-order valence-electron chi connectivity index (χ2n) is 5.79. The topological polar surface area (TPSA) is 64.3 Å². The normalized spacial score (nSPS) is 21.2. The number of ether oxygens (including phenoxy) is 1. The number of carbonyl (C=O) groups is 1. The lowest BCUT2D eigenvalue weighted by molar-refractivity contribution is -0.119. The number of benzene rings is 1. The molecule has 0 spiro atoms. The maximum atomic E-state index is 10.7. The van der Waals surface area contributed by atoms with E-state index in [0.717, 1.165) is 11.4 Å². The van der Waals surface area contributed by atoms with Crippen molar-refractivity contribution >= 4 is 23.4 Å². The number of carbonyl (C=O) groups excluding carboxylic acids is 1. The third kappa shape index (κ3) is 4.07. The van der Waals surface area contributed by atoms with Crippen LogP contribution in [0.15, 0.2) is 24.3 Å². The average Bonchev–Trinajstić information content (AvgIpc) is 2.40. The lowest BCUT2D eigenvalue weighted by atomic mass is 9.82. The van der Waals surface area contributed by atoms with Crippen LogP contribution in [0.25, 0.3) is 0 Å². The largest absolute Gasteiger partial charge is 0.484 e. The third-order valence-corrected chi connectivity index (χ3v) is 4.76. The van der Waals surface area contributed by atoms with Gasteiger partial charge in [0.2, 0.25) is 0 Å². The number of hydrogen-bond donors (Lipinski definition) is 2. The van der Waals surface area contributed by atoms with Crippen LogP contribution in [-0.2, 0) is 4.79 Å². The first-order valence-corrected chi connectivity index (χ1v) is 7.98. The maximum Gasteiger partial charge on any atom is 0.255 e. The van der Waals surface area contributed by atoms with Gasteiger partial charge in [0.1, 0.15) is 5.75 Å². The second-order valence-corrected chi connectivity index (χ2v) is 6.94. The summed E-state index contributed by atoms with van der Waals surface area (Å²) in [7, 11) is 0. The molecule has 1 fully saturated rings. The minimum atomic E-state index is -0.465. The van der Waals surface area contributed by atoms with E-state index in [1.165, 1.54) is 12.2 Å². The Morgan fingerprint density at radius 2 is 2.15 bits per heavy atom. The van der Waals surface area contributed by atoms with Crippen molar-refractivity contribution < 1.29 is 9.53 Å². The third-order valence-electron chi connectivity index (χ3n) is 3.69. The molecule has 1 aromatic carbocycles. The number of nitrogens with two attached hydrogens (primary N) is 1. The molecule has 4 nitrogen and oxygen atoms in total. The van der Waals surface area contributed by atoms with E-state index in [2.05, 4.69) is 19.2 Å². The van der Waals surface area contributed by atoms with E-state index < -0.39 is 5.91 Å². The Kier molecular flexibility index (Phi) is 4.81. The molecule has 1 saturated heterocycles. The summed E-state index contributed by atoms with van der Waals surface area (Å²) in [6.45, 7) is 4.54. The number of anilines is 1. The van der Waals surface area contributed by atoms with Gasteiger partial charge in [-0.25, -0.2) is 0 Å². The predicted molar refractivity (Wildman–Crippen MR) is 84.3 cm³/mol. The molecule has 0 aromatic heterocycles. The van der Waals surface area contributed by atoms with Crippen LogP contribution < -0.4 is 15.8 Å². The van der Waals surface area contributed by atoms with Gasteiger partial charge in [-0.3, -0.25) is 4.79 Å². The van der Waals surface area contributed by atoms with E-state index in [0.29, 0.717) is 17.2 Å². The van der Waals surface area contributed by atoms with Crippen molar-refractivity contribution in [1.29, 1.82) is 0 Å². The van der Waals surface area contributed by atoms with Crippen LogP contribution in [0.1, 0.15) is 20.3 Å². The van der Waals surface area contributed by atoms with Crippen molar-refractivity contribution in [3.8, 4) is 5.75 Å². The van der Waals surface area contributed by atoms with Gasteiger partial charge in [-0.05, 0) is 41.9 Å². The molecule has 2 rings (SSSR count). The molecule has 1 aliphatic heterocycles. The Bertz CT molecular complexity index is 459. The molecule has 0 bridgehead atoms. The van der Waals surface area contributed by atoms with Crippen LogP contribution in [0.4, 0.5) is 5.69 Å². The minimum absolute atomic E-state index is 0.0843. The number of rotatable bonds is 5. The fraction of sp³-hybridized carbons (Fsp3) is 0.533. The van der Waals surface area contributed by atoms with Crippen LogP contribution in [0.3, 0.4) is 0 Å². The number of primary amides is 1. The van der Waals surface area contributed by atoms with E-state index in [1.54, 1.807) is 0 Å². The van der Waals surface area contributed by atoms with Gasteiger partial charge in [0, 0.05) is 17.5 Å². The Balaban J connectivity index is 1.94. The standard InChI is InChI=1S/C15H22N2O2S/c1-15(2)7-8-20-10-13(15)17-11-3-5-12(6-4-11)19-9-14(16)18/h3-6,13,17H,7-10H2,1-2H3,(H2,16,18). The minimum Gasteiger partial charge on any atom is -0.484 e. The van der Waals surface area contributed by atoms with Gasteiger partial charge in [-0.15, -0.1) is 0 Å². The van der Waals surface area contributed by atoms with Crippen LogP contribution in [0, 0.1) is 5.41 Å². The highest BCUT2D eigenvalue weighted by molar-refractivity contribution is 7.99. The Morgan fingerprint density at radius 3 is 2.75 bits per heavy atom. The van der Waals surface area contributed by atoms with E-state index >= 15 is 0 Å². The molecule has 110 valence electrons. The van der Waals surface area contributed by atoms with Gasteiger partial charge in [0.05, 0.1) is 0 Å². The molecule has 1 atom stereocenters. The Morgan fingerprint density at radius 1 is 1.45 bits per heavy atom. The van der Waals surface area contributed by atoms with Gasteiger partial charge in [0.15, 0.2) is 6.61 Å². The molecule has 5 heteroatoms. The second kappa shape index (κ2) is 6.39. The first kappa shape index (κ1) is 15.0. The van der Waals surface area contributed by atoms with E-state index in [9.17, 15) is 4.79 Å². The van der Waals surface area contributed by atoms with Crippen molar-refractivity contribution in [3.63, 3.8) is 0 Å². The monoisotopic (exact) mass is 294 g/mol. The zero-order chi connectivity index (χ0) is 14.6. The molecule has 0 radical (unpaired) electrons. The van der Waals surface area contributed by atoms with Crippen LogP contribution in [0.5, 0.6) is 5.75 Å². The molecule has 1 unspecified atom stereocenters. The Labute approximate surface area is 124 Å². The van der Waals surface area contributed by atoms with Gasteiger partial charge < -0.3 is 15.8 Å². The summed E-state index contributed by atoms with van der Waals surface area (Å²) in [6, 6.07) is 8.14. The zero-order valence-electron chi connectivity index (χ0n) is 12.0. The summed E-state index contributed by atoms with van der Waals surface area (Å²) in [4.78, 5) is 10.7. The van der Waals surface area contributed by atoms with E-state index in [-0.39, 0.29) is 6.61 Å². The summed E-state index contributed by atoms with van der Waals surface area (Å²) in [5, 5.41) is 3.60. The molecule has 0 aliphatic carbocycles. The molecule has 1 amide bonds. The van der Waals surface area contributed by atoms with Crippen molar-refractivity contribution in [2.75, 3.05) is 23.4 Å². The number of amides is 1. The van der Waals surface area contributed by atoms with Crippen LogP contribution in [0.2, 0.25) is 0 Å². The average molecular weight is 294 g/mol. The molecule has 1 aliphatic rings. The highest BCUT2D eigenvalue weighted by atomic mass is 32.2. The van der Waals surface area contributed by atoms with Gasteiger partial charge in [0.25, 0.3) is 5.91 Å². The zero-order valence-corrected chi connectivity index (χ0v) is 12.8. The van der Waals surface area contributed by atoms with Crippen molar-refractivity contribution in [2.24, 2.45) is 11.1 Å². The summed E-state index contributed by atoms with van der Waals surface area (Å²) in [5.74, 6) is 2.57. The quantitative estimate of drug-likeness (QED) is 0.876. The van der Waals surface area contributed by atoms with E-state index in [1.807, 2.05) is 36.0 Å². The Hall–Kier alpha value is -1.36. The summed E-state index contributed by atoms with van der Waals surface area (Å²) in [6.07, 6.45) is 1.23. The van der Waals surface area contributed by atoms with Crippen LogP contribution in [-0.4, -0.2) is 30.1 Å². The fourth-order valence-corrected chi connectivity index (χ4v) is 3.78. The van der Waals surface area contributed by atoms with Crippen LogP contribution >= 0.6 is 11.8 Å². The fourth-order valence-electron chi connectivity index (χ4n) is 2.18. The van der Waals surface area contributed by atoms with Crippen molar-refractivity contribution in [2.45, 2.75) is 26.3 Å². The van der Waals surface area contributed by atoms with E-state index in [4.69, 9.17) is 10.5 Å². The summed E-state index contributed by atoms with van der Waals surface area (Å²) < 4.78 is 5.25. The highest BCUT2D eigenvalue weighted by Gasteiger charge is 2.32. The summed E-state index contributed by atoms with van der Waals surface area (Å²) >= 11 is 2.00. The molecule has 3 N–H and O–H groups in total. The van der Waals surface area contributed by atoms with Gasteiger partial charge in [-0.1, -0.05) is 13.8 Å². The lowest BCUT2D eigenvalue weighted by Gasteiger charge is -2.39. The number of nitrogens with one attached hydrogen (secondary N) is 1. The molecule has 1 aromatic rings. The predicted octanol–water partition coefficient (Wildman–Crippen LogP) is 2.49. The van der Waals surface area contributed by atoms with Gasteiger partial charge >= 0.3 is 0 Å². The van der Waals surface area contributed by atoms with Gasteiger partial charge in [-0.2, -0.15) is 11.8 Å². The first-order chi connectivity index (χ1) is 9.47. The maximum absolute atomic E-state index is 10.7. The smallest absolute Gasteiger partial charge is 0.255 e. The van der Waals surface area contributed by atoms with Crippen molar-refractivity contribution in [3.05, 3.63) is 24.3 Å². The molecule has 0 saturated carbocycles. The SMILES string of the molecule is CC1(C)CCSCC1Nc1ccc(OCC(N)=O)cc1. The molecular formula is C15H22N2O2S. The highest BCUT2D eigenvalue weighted by Crippen LogP contribution is 2.36. The lowest BCUT2D eigenvalue weighted by Crippen LogP contribution is -2.41. The first-order valence-electron chi connectivity index (χ1n) is 6.83. The molecular weight excluding hydrogens is 272 g/mol. The van der Waals surface area contributed by atoms with Crippen molar-refractivity contribution in [1.82, 2.24) is 0 Å². The number of thioether (sulfide) groups is 1. The molecule has 1 heterocycles. The number of hydrogen-bond acceptors (Lipinski definition) is 4. The molecule has 20 heavy (non-hydrogen) atoms. The summed E-state index contributed by atoms with van der Waals surface area (Å²) in [5.41, 5.74) is 6.44.